The van der Waals surface area contributed by atoms with Crippen molar-refractivity contribution in [2.24, 2.45) is 0 Å². The molecule has 2 rings (SSSR count). The average molecular weight is 286 g/mol. The van der Waals surface area contributed by atoms with Gasteiger partial charge in [-0.05, 0) is 19.1 Å². The van der Waals surface area contributed by atoms with Gasteiger partial charge in [0, 0.05) is 0 Å². The second-order valence-corrected chi connectivity index (χ2v) is 10.6. The van der Waals surface area contributed by atoms with Crippen LogP contribution in [0.3, 0.4) is 0 Å². The van der Waals surface area contributed by atoms with Gasteiger partial charge in [0.15, 0.2) is 5.43 Å². The molecule has 0 saturated heterocycles. The molecule has 1 aromatic carbocycles. The Hall–Kier alpha value is -1.83. The van der Waals surface area contributed by atoms with Gasteiger partial charge < -0.3 is 9.52 Å². The first-order chi connectivity index (χ1) is 9.29. The Labute approximate surface area is 119 Å². The van der Waals surface area contributed by atoms with Crippen molar-refractivity contribution in [3.05, 3.63) is 45.8 Å². The van der Waals surface area contributed by atoms with E-state index in [4.69, 9.17) is 4.42 Å². The molecule has 0 saturated carbocycles. The van der Waals surface area contributed by atoms with Gasteiger partial charge in [0.05, 0.1) is 10.9 Å². The Balaban J connectivity index is 2.59. The Morgan fingerprint density at radius 2 is 1.90 bits per heavy atom. The number of para-hydroxylation sites is 1. The predicted octanol–water partition coefficient (Wildman–Crippen LogP) is 3.02. The molecule has 1 N–H and O–H groups in total. The summed E-state index contributed by atoms with van der Waals surface area (Å²) in [6.45, 7) is 7.94. The third kappa shape index (κ3) is 3.01. The number of aliphatic hydroxyl groups excluding tert-OH is 1. The van der Waals surface area contributed by atoms with Gasteiger partial charge in [-0.3, -0.25) is 4.79 Å². The van der Waals surface area contributed by atoms with Crippen molar-refractivity contribution < 1.29 is 9.52 Å². The summed E-state index contributed by atoms with van der Waals surface area (Å²) in [4.78, 5) is 12.4. The second-order valence-electron chi connectivity index (χ2n) is 5.82. The van der Waals surface area contributed by atoms with E-state index in [0.29, 0.717) is 16.7 Å². The van der Waals surface area contributed by atoms with Crippen LogP contribution < -0.4 is 5.43 Å². The zero-order valence-electron chi connectivity index (χ0n) is 12.2. The topological polar surface area (TPSA) is 50.4 Å². The first-order valence-electron chi connectivity index (χ1n) is 6.53. The summed E-state index contributed by atoms with van der Waals surface area (Å²) in [7, 11) is -1.60. The summed E-state index contributed by atoms with van der Waals surface area (Å²) in [6.07, 6.45) is -1.09. The number of fused-ring (bicyclic) bond motifs is 1. The highest BCUT2D eigenvalue weighted by atomic mass is 28.3. The molecule has 3 nitrogen and oxygen atoms in total. The summed E-state index contributed by atoms with van der Waals surface area (Å²) in [5.74, 6) is 3.21. The van der Waals surface area contributed by atoms with Crippen molar-refractivity contribution >= 4 is 19.0 Å². The monoisotopic (exact) mass is 286 g/mol. The van der Waals surface area contributed by atoms with Crippen molar-refractivity contribution in [2.45, 2.75) is 32.7 Å². The van der Waals surface area contributed by atoms with Crippen LogP contribution in [0.1, 0.15) is 17.4 Å². The number of hydrogen-bond donors (Lipinski definition) is 1. The number of benzene rings is 1. The molecule has 0 fully saturated rings. The molecule has 0 aliphatic carbocycles. The maximum atomic E-state index is 12.4. The van der Waals surface area contributed by atoms with Crippen LogP contribution in [0.25, 0.3) is 11.0 Å². The molecule has 0 aliphatic heterocycles. The molecule has 1 heterocycles. The Kier molecular flexibility index (Phi) is 3.84. The summed E-state index contributed by atoms with van der Waals surface area (Å²) in [5.41, 5.74) is 3.65. The van der Waals surface area contributed by atoms with Crippen LogP contribution in [-0.2, 0) is 0 Å². The molecule has 1 aromatic heterocycles. The van der Waals surface area contributed by atoms with E-state index in [1.807, 2.05) is 6.07 Å². The van der Waals surface area contributed by atoms with Gasteiger partial charge in [-0.2, -0.15) is 0 Å². The third-order valence-corrected chi connectivity index (χ3v) is 3.77. The van der Waals surface area contributed by atoms with Gasteiger partial charge in [0.2, 0.25) is 0 Å². The minimum Gasteiger partial charge on any atom is -0.461 e. The molecule has 0 aliphatic rings. The molecule has 104 valence electrons. The van der Waals surface area contributed by atoms with Crippen LogP contribution in [0.15, 0.2) is 33.5 Å². The predicted molar refractivity (Wildman–Crippen MR) is 83.3 cm³/mol. The Morgan fingerprint density at radius 1 is 1.25 bits per heavy atom. The number of rotatable bonds is 1. The van der Waals surface area contributed by atoms with E-state index < -0.39 is 14.2 Å². The SMILES string of the molecule is Cc1oc2ccccc2c(=O)c1C(O)C#C[Si](C)(C)C. The number of aryl methyl sites for hydroxylation is 1. The maximum absolute atomic E-state index is 12.4. The lowest BCUT2D eigenvalue weighted by molar-refractivity contribution is 0.233. The van der Waals surface area contributed by atoms with Crippen molar-refractivity contribution in [2.75, 3.05) is 0 Å². The molecule has 20 heavy (non-hydrogen) atoms. The van der Waals surface area contributed by atoms with Crippen LogP contribution >= 0.6 is 0 Å². The van der Waals surface area contributed by atoms with Crippen molar-refractivity contribution in [3.63, 3.8) is 0 Å². The number of hydrogen-bond acceptors (Lipinski definition) is 3. The normalized spacial score (nSPS) is 12.8. The summed E-state index contributed by atoms with van der Waals surface area (Å²) in [6, 6.07) is 7.03. The minimum atomic E-state index is -1.60. The lowest BCUT2D eigenvalue weighted by atomic mass is 10.1. The molecule has 0 radical (unpaired) electrons. The molecule has 0 spiro atoms. The number of aliphatic hydroxyl groups is 1. The molecule has 1 atom stereocenters. The Morgan fingerprint density at radius 3 is 2.55 bits per heavy atom. The van der Waals surface area contributed by atoms with Gasteiger partial charge in [-0.1, -0.05) is 37.7 Å². The van der Waals surface area contributed by atoms with E-state index >= 15 is 0 Å². The summed E-state index contributed by atoms with van der Waals surface area (Å²) >= 11 is 0. The standard InChI is InChI=1S/C16H18O3Si/c1-11-15(13(17)9-10-20(2,3)4)16(18)12-7-5-6-8-14(12)19-11/h5-8,13,17H,1-4H3. The van der Waals surface area contributed by atoms with Gasteiger partial charge in [0.1, 0.15) is 25.5 Å². The highest BCUT2D eigenvalue weighted by Gasteiger charge is 2.18. The highest BCUT2D eigenvalue weighted by molar-refractivity contribution is 6.83. The van der Waals surface area contributed by atoms with Crippen LogP contribution in [0.4, 0.5) is 0 Å². The van der Waals surface area contributed by atoms with Crippen LogP contribution in [0, 0.1) is 18.4 Å². The van der Waals surface area contributed by atoms with Crippen LogP contribution in [0.5, 0.6) is 0 Å². The molecule has 0 bridgehead atoms. The van der Waals surface area contributed by atoms with E-state index in [0.717, 1.165) is 0 Å². The van der Waals surface area contributed by atoms with E-state index in [-0.39, 0.29) is 11.0 Å². The molecule has 2 aromatic rings. The van der Waals surface area contributed by atoms with E-state index in [1.165, 1.54) is 0 Å². The van der Waals surface area contributed by atoms with Gasteiger partial charge in [0.25, 0.3) is 0 Å². The fourth-order valence-electron chi connectivity index (χ4n) is 1.94. The third-order valence-electron chi connectivity index (χ3n) is 2.88. The van der Waals surface area contributed by atoms with E-state index in [2.05, 4.69) is 31.1 Å². The first-order valence-corrected chi connectivity index (χ1v) is 10.0. The average Bonchev–Trinajstić information content (AvgIpc) is 2.35. The molecular weight excluding hydrogens is 268 g/mol. The Bertz CT molecular complexity index is 757. The second kappa shape index (κ2) is 5.27. The van der Waals surface area contributed by atoms with Gasteiger partial charge in [-0.25, -0.2) is 0 Å². The molecular formula is C16H18O3Si. The maximum Gasteiger partial charge on any atom is 0.199 e. The van der Waals surface area contributed by atoms with Crippen LogP contribution in [-0.4, -0.2) is 13.2 Å². The van der Waals surface area contributed by atoms with Crippen molar-refractivity contribution in [1.29, 1.82) is 0 Å². The van der Waals surface area contributed by atoms with Gasteiger partial charge in [-0.15, -0.1) is 5.54 Å². The van der Waals surface area contributed by atoms with Crippen LogP contribution in [0.2, 0.25) is 19.6 Å². The van der Waals surface area contributed by atoms with Gasteiger partial charge >= 0.3 is 0 Å². The van der Waals surface area contributed by atoms with E-state index in [1.54, 1.807) is 25.1 Å². The molecule has 0 amide bonds. The van der Waals surface area contributed by atoms with E-state index in [9.17, 15) is 9.90 Å². The fraction of sp³-hybridized carbons (Fsp3) is 0.312. The highest BCUT2D eigenvalue weighted by Crippen LogP contribution is 2.19. The largest absolute Gasteiger partial charge is 0.461 e. The zero-order valence-corrected chi connectivity index (χ0v) is 13.2. The van der Waals surface area contributed by atoms with Crippen molar-refractivity contribution in [3.8, 4) is 11.5 Å². The quantitative estimate of drug-likeness (QED) is 0.647. The first kappa shape index (κ1) is 14.6. The lowest BCUT2D eigenvalue weighted by Crippen LogP contribution is -2.19. The summed E-state index contributed by atoms with van der Waals surface area (Å²) < 4.78 is 5.61. The minimum absolute atomic E-state index is 0.207. The molecule has 1 unspecified atom stereocenters. The summed E-state index contributed by atoms with van der Waals surface area (Å²) in [5, 5.41) is 10.7. The zero-order chi connectivity index (χ0) is 14.9. The molecule has 4 heteroatoms. The fourth-order valence-corrected chi connectivity index (χ4v) is 2.51. The van der Waals surface area contributed by atoms with Crippen molar-refractivity contribution in [1.82, 2.24) is 0 Å². The smallest absolute Gasteiger partial charge is 0.199 e. The lowest BCUT2D eigenvalue weighted by Gasteiger charge is -2.09.